The van der Waals surface area contributed by atoms with Crippen molar-refractivity contribution in [3.8, 4) is 0 Å². The van der Waals surface area contributed by atoms with Crippen molar-refractivity contribution in [2.24, 2.45) is 0 Å². The number of halogens is 3. The van der Waals surface area contributed by atoms with E-state index in [0.717, 1.165) is 24.6 Å². The number of rotatable bonds is 6. The Hall–Kier alpha value is -2.31. The number of carbonyl (C=O) groups excluding carboxylic acids is 2. The Kier molecular flexibility index (Phi) is 6.62. The molecule has 0 fully saturated rings. The fourth-order valence-electron chi connectivity index (χ4n) is 1.54. The van der Waals surface area contributed by atoms with Crippen molar-refractivity contribution in [3.63, 3.8) is 0 Å². The second kappa shape index (κ2) is 8.21. The predicted octanol–water partition coefficient (Wildman–Crippen LogP) is 2.36. The number of alkyl halides is 3. The molecular weight excluding hydrogens is 297 g/mol. The van der Waals surface area contributed by atoms with Gasteiger partial charge in [0.15, 0.2) is 0 Å². The zero-order valence-corrected chi connectivity index (χ0v) is 12.0. The number of benzene rings is 1. The lowest BCUT2D eigenvalue weighted by Crippen LogP contribution is -2.36. The molecule has 1 aromatic rings. The molecule has 4 nitrogen and oxygen atoms in total. The molecule has 0 spiro atoms. The van der Waals surface area contributed by atoms with E-state index in [9.17, 15) is 22.8 Å². The minimum absolute atomic E-state index is 0.175. The van der Waals surface area contributed by atoms with Crippen molar-refractivity contribution in [3.05, 3.63) is 41.5 Å². The smallest absolute Gasteiger partial charge is 0.355 e. The van der Waals surface area contributed by atoms with Crippen molar-refractivity contribution < 1.29 is 22.8 Å². The van der Waals surface area contributed by atoms with Crippen LogP contribution in [0.15, 0.2) is 30.3 Å². The molecule has 0 atom stereocenters. The number of carbonyl (C=O) groups is 2. The number of hydrogen-bond donors (Lipinski definition) is 2. The molecular formula is C15H17F3N2O2. The Morgan fingerprint density at radius 3 is 2.59 bits per heavy atom. The molecule has 0 aliphatic heterocycles. The summed E-state index contributed by atoms with van der Waals surface area (Å²) in [7, 11) is 0. The maximum atomic E-state index is 12.5. The van der Waals surface area contributed by atoms with Crippen LogP contribution in [0.3, 0.4) is 0 Å². The lowest BCUT2D eigenvalue weighted by Gasteiger charge is -2.06. The first-order valence-corrected chi connectivity index (χ1v) is 6.73. The second-order valence-corrected chi connectivity index (χ2v) is 4.52. The van der Waals surface area contributed by atoms with E-state index in [1.807, 2.05) is 6.92 Å². The van der Waals surface area contributed by atoms with Gasteiger partial charge in [-0.1, -0.05) is 19.1 Å². The minimum Gasteiger partial charge on any atom is -0.355 e. The second-order valence-electron chi connectivity index (χ2n) is 4.52. The lowest BCUT2D eigenvalue weighted by molar-refractivity contribution is -0.137. The Labute approximate surface area is 126 Å². The van der Waals surface area contributed by atoms with Crippen molar-refractivity contribution in [2.45, 2.75) is 19.5 Å². The third kappa shape index (κ3) is 6.43. The molecule has 22 heavy (non-hydrogen) atoms. The summed E-state index contributed by atoms with van der Waals surface area (Å²) in [6.45, 7) is 2.25. The van der Waals surface area contributed by atoms with Gasteiger partial charge in [-0.05, 0) is 30.2 Å². The molecule has 2 N–H and O–H groups in total. The van der Waals surface area contributed by atoms with Gasteiger partial charge >= 0.3 is 6.18 Å². The topological polar surface area (TPSA) is 58.2 Å². The zero-order chi connectivity index (χ0) is 16.6. The predicted molar refractivity (Wildman–Crippen MR) is 76.8 cm³/mol. The van der Waals surface area contributed by atoms with Gasteiger partial charge in [-0.15, -0.1) is 0 Å². The van der Waals surface area contributed by atoms with E-state index in [-0.39, 0.29) is 18.0 Å². The summed E-state index contributed by atoms with van der Waals surface area (Å²) in [5.74, 6) is -0.869. The molecule has 0 aliphatic rings. The fourth-order valence-corrected chi connectivity index (χ4v) is 1.54. The molecule has 0 aromatic heterocycles. The average Bonchev–Trinajstić information content (AvgIpc) is 2.48. The van der Waals surface area contributed by atoms with E-state index in [1.54, 1.807) is 0 Å². The van der Waals surface area contributed by atoms with Gasteiger partial charge in [0.05, 0.1) is 12.1 Å². The van der Waals surface area contributed by atoms with Crippen molar-refractivity contribution in [2.75, 3.05) is 13.1 Å². The van der Waals surface area contributed by atoms with Crippen LogP contribution in [0.2, 0.25) is 0 Å². The summed E-state index contributed by atoms with van der Waals surface area (Å²) in [5.41, 5.74) is -0.533. The molecule has 2 amide bonds. The van der Waals surface area contributed by atoms with Crippen LogP contribution in [-0.2, 0) is 15.8 Å². The van der Waals surface area contributed by atoms with Crippen LogP contribution in [0.25, 0.3) is 6.08 Å². The summed E-state index contributed by atoms with van der Waals surface area (Å²) in [4.78, 5) is 22.7. The zero-order valence-electron chi connectivity index (χ0n) is 12.0. The van der Waals surface area contributed by atoms with Gasteiger partial charge in [0.1, 0.15) is 0 Å². The average molecular weight is 314 g/mol. The van der Waals surface area contributed by atoms with Crippen LogP contribution in [-0.4, -0.2) is 24.9 Å². The molecule has 0 radical (unpaired) electrons. The molecule has 1 aromatic carbocycles. The molecule has 0 bridgehead atoms. The first-order chi connectivity index (χ1) is 10.3. The van der Waals surface area contributed by atoms with E-state index < -0.39 is 17.6 Å². The van der Waals surface area contributed by atoms with E-state index in [0.29, 0.717) is 6.54 Å². The molecule has 1 rings (SSSR count). The lowest BCUT2D eigenvalue weighted by atomic mass is 10.1. The number of nitrogens with one attached hydrogen (secondary N) is 2. The van der Waals surface area contributed by atoms with E-state index >= 15 is 0 Å². The van der Waals surface area contributed by atoms with Crippen LogP contribution in [0, 0.1) is 0 Å². The molecule has 120 valence electrons. The fraction of sp³-hybridized carbons (Fsp3) is 0.333. The van der Waals surface area contributed by atoms with Gasteiger partial charge in [0.2, 0.25) is 11.8 Å². The minimum atomic E-state index is -4.43. The van der Waals surface area contributed by atoms with Gasteiger partial charge in [0.25, 0.3) is 0 Å². The van der Waals surface area contributed by atoms with Gasteiger partial charge in [-0.25, -0.2) is 0 Å². The highest BCUT2D eigenvalue weighted by atomic mass is 19.4. The Morgan fingerprint density at radius 2 is 1.95 bits per heavy atom. The van der Waals surface area contributed by atoms with E-state index in [4.69, 9.17) is 0 Å². The maximum absolute atomic E-state index is 12.5. The molecule has 0 aliphatic carbocycles. The summed E-state index contributed by atoms with van der Waals surface area (Å²) in [6, 6.07) is 4.61. The largest absolute Gasteiger partial charge is 0.416 e. The Balaban J connectivity index is 2.54. The number of hydrogen-bond acceptors (Lipinski definition) is 2. The quantitative estimate of drug-likeness (QED) is 0.792. The highest BCUT2D eigenvalue weighted by Gasteiger charge is 2.30. The summed E-state index contributed by atoms with van der Waals surface area (Å²) < 4.78 is 37.6. The van der Waals surface area contributed by atoms with Crippen LogP contribution in [0.5, 0.6) is 0 Å². The summed E-state index contributed by atoms with van der Waals surface area (Å²) in [5, 5.41) is 4.93. The van der Waals surface area contributed by atoms with Crippen LogP contribution < -0.4 is 10.6 Å². The highest BCUT2D eigenvalue weighted by Crippen LogP contribution is 2.29. The third-order valence-electron chi connectivity index (χ3n) is 2.64. The summed E-state index contributed by atoms with van der Waals surface area (Å²) >= 11 is 0. The van der Waals surface area contributed by atoms with E-state index in [2.05, 4.69) is 10.6 Å². The Morgan fingerprint density at radius 1 is 1.23 bits per heavy atom. The standard InChI is InChI=1S/C15H17F3N2O2/c1-2-8-19-14(22)10-20-13(21)7-6-11-4-3-5-12(9-11)15(16,17)18/h3-7,9H,2,8,10H2,1H3,(H,19,22)(H,20,21)/b7-6+. The molecule has 0 heterocycles. The van der Waals surface area contributed by atoms with Gasteiger partial charge in [0, 0.05) is 12.6 Å². The SMILES string of the molecule is CCCNC(=O)CNC(=O)/C=C/c1cccc(C(F)(F)F)c1. The van der Waals surface area contributed by atoms with Gasteiger partial charge in [-0.3, -0.25) is 9.59 Å². The Bertz CT molecular complexity index is 554. The van der Waals surface area contributed by atoms with Crippen LogP contribution >= 0.6 is 0 Å². The van der Waals surface area contributed by atoms with Crippen LogP contribution in [0.1, 0.15) is 24.5 Å². The number of amides is 2. The monoisotopic (exact) mass is 314 g/mol. The summed E-state index contributed by atoms with van der Waals surface area (Å²) in [6.07, 6.45) is -1.30. The molecule has 0 saturated heterocycles. The highest BCUT2D eigenvalue weighted by molar-refractivity contribution is 5.94. The molecule has 0 saturated carbocycles. The van der Waals surface area contributed by atoms with Crippen molar-refractivity contribution in [1.82, 2.24) is 10.6 Å². The van der Waals surface area contributed by atoms with Gasteiger partial charge < -0.3 is 10.6 Å². The third-order valence-corrected chi connectivity index (χ3v) is 2.64. The first-order valence-electron chi connectivity index (χ1n) is 6.73. The first kappa shape index (κ1) is 17.7. The van der Waals surface area contributed by atoms with Crippen molar-refractivity contribution in [1.29, 1.82) is 0 Å². The van der Waals surface area contributed by atoms with Gasteiger partial charge in [-0.2, -0.15) is 13.2 Å². The molecule has 0 unspecified atom stereocenters. The normalized spacial score (nSPS) is 11.5. The maximum Gasteiger partial charge on any atom is 0.416 e. The molecule has 7 heteroatoms. The van der Waals surface area contributed by atoms with Crippen molar-refractivity contribution >= 4 is 17.9 Å². The van der Waals surface area contributed by atoms with Crippen LogP contribution in [0.4, 0.5) is 13.2 Å². The van der Waals surface area contributed by atoms with E-state index in [1.165, 1.54) is 18.2 Å².